The summed E-state index contributed by atoms with van der Waals surface area (Å²) in [7, 11) is 0. The van der Waals surface area contributed by atoms with Gasteiger partial charge in [0.1, 0.15) is 5.78 Å². The van der Waals surface area contributed by atoms with Crippen LogP contribution in [-0.2, 0) is 30.6 Å². The van der Waals surface area contributed by atoms with Crippen molar-refractivity contribution in [1.82, 2.24) is 9.78 Å². The van der Waals surface area contributed by atoms with Gasteiger partial charge in [-0.15, -0.1) is 0 Å². The van der Waals surface area contributed by atoms with Crippen LogP contribution in [0, 0.1) is 0 Å². The van der Waals surface area contributed by atoms with Gasteiger partial charge in [0.25, 0.3) is 0 Å². The molecule has 1 aromatic heterocycles. The van der Waals surface area contributed by atoms with Crippen LogP contribution in [-0.4, -0.2) is 15.6 Å². The lowest BCUT2D eigenvalue weighted by Crippen LogP contribution is -2.10. The highest BCUT2D eigenvalue weighted by Gasteiger charge is 2.10. The number of hydrogen-bond acceptors (Lipinski definition) is 2. The molecule has 0 radical (unpaired) electrons. The van der Waals surface area contributed by atoms with Gasteiger partial charge in [0.05, 0.1) is 5.69 Å². The zero-order valence-electron chi connectivity index (χ0n) is 12.3. The van der Waals surface area contributed by atoms with Gasteiger partial charge in [0.2, 0.25) is 0 Å². The maximum absolute atomic E-state index is 12.1. The third kappa shape index (κ3) is 3.80. The standard InChI is InChI=1S/C17H22N2O/c1-3-15-12-16(19(4-2)18-15)13-17(20)11-10-14-8-6-5-7-9-14/h5-9,12H,3-4,10-11,13H2,1-2H3. The van der Waals surface area contributed by atoms with E-state index < -0.39 is 0 Å². The van der Waals surface area contributed by atoms with Crippen LogP contribution in [0.2, 0.25) is 0 Å². The van der Waals surface area contributed by atoms with Crippen molar-refractivity contribution in [2.24, 2.45) is 0 Å². The number of aromatic nitrogens is 2. The first-order valence-electron chi connectivity index (χ1n) is 7.34. The Kier molecular flexibility index (Phi) is 5.10. The van der Waals surface area contributed by atoms with Gasteiger partial charge >= 0.3 is 0 Å². The maximum Gasteiger partial charge on any atom is 0.139 e. The number of carbonyl (C=O) groups excluding carboxylic acids is 1. The third-order valence-corrected chi connectivity index (χ3v) is 3.49. The molecule has 0 amide bonds. The molecule has 0 bridgehead atoms. The number of Topliss-reactive ketones (excluding diaryl/α,β-unsaturated/α-hetero) is 1. The minimum Gasteiger partial charge on any atom is -0.299 e. The molecule has 0 atom stereocenters. The van der Waals surface area contributed by atoms with Gasteiger partial charge in [-0.2, -0.15) is 5.10 Å². The van der Waals surface area contributed by atoms with Crippen LogP contribution in [0.5, 0.6) is 0 Å². The highest BCUT2D eigenvalue weighted by Crippen LogP contribution is 2.09. The summed E-state index contributed by atoms with van der Waals surface area (Å²) >= 11 is 0. The molecule has 0 N–H and O–H groups in total. The van der Waals surface area contributed by atoms with Gasteiger partial charge in [-0.05, 0) is 31.4 Å². The van der Waals surface area contributed by atoms with Crippen LogP contribution in [0.4, 0.5) is 0 Å². The molecule has 0 unspecified atom stereocenters. The highest BCUT2D eigenvalue weighted by molar-refractivity contribution is 5.80. The van der Waals surface area contributed by atoms with E-state index in [2.05, 4.69) is 37.1 Å². The van der Waals surface area contributed by atoms with Gasteiger partial charge in [-0.25, -0.2) is 0 Å². The number of rotatable bonds is 7. The van der Waals surface area contributed by atoms with E-state index >= 15 is 0 Å². The van der Waals surface area contributed by atoms with E-state index in [-0.39, 0.29) is 5.78 Å². The Hall–Kier alpha value is -1.90. The SMILES string of the molecule is CCc1cc(CC(=O)CCc2ccccc2)n(CC)n1. The van der Waals surface area contributed by atoms with Gasteiger partial charge < -0.3 is 0 Å². The first-order chi connectivity index (χ1) is 9.72. The molecule has 0 aliphatic heterocycles. The highest BCUT2D eigenvalue weighted by atomic mass is 16.1. The topological polar surface area (TPSA) is 34.9 Å². The summed E-state index contributed by atoms with van der Waals surface area (Å²) in [5, 5.41) is 4.48. The molecular weight excluding hydrogens is 248 g/mol. The third-order valence-electron chi connectivity index (χ3n) is 3.49. The van der Waals surface area contributed by atoms with Crippen molar-refractivity contribution in [2.45, 2.75) is 46.1 Å². The Morgan fingerprint density at radius 2 is 1.95 bits per heavy atom. The second kappa shape index (κ2) is 7.04. The Morgan fingerprint density at radius 3 is 2.60 bits per heavy atom. The van der Waals surface area contributed by atoms with Gasteiger partial charge in [0.15, 0.2) is 0 Å². The molecule has 1 heterocycles. The average Bonchev–Trinajstić information content (AvgIpc) is 2.88. The second-order valence-electron chi connectivity index (χ2n) is 5.00. The van der Waals surface area contributed by atoms with E-state index in [1.165, 1.54) is 5.56 Å². The lowest BCUT2D eigenvalue weighted by molar-refractivity contribution is -0.118. The van der Waals surface area contributed by atoms with E-state index in [4.69, 9.17) is 0 Å². The van der Waals surface area contributed by atoms with Crippen LogP contribution in [0.15, 0.2) is 36.4 Å². The molecule has 3 heteroatoms. The molecule has 0 aliphatic rings. The predicted molar refractivity (Wildman–Crippen MR) is 80.8 cm³/mol. The van der Waals surface area contributed by atoms with Crippen LogP contribution in [0.25, 0.3) is 0 Å². The largest absolute Gasteiger partial charge is 0.299 e. The minimum absolute atomic E-state index is 0.283. The quantitative estimate of drug-likeness (QED) is 0.774. The molecule has 3 nitrogen and oxygen atoms in total. The summed E-state index contributed by atoms with van der Waals surface area (Å²) in [6, 6.07) is 12.2. The van der Waals surface area contributed by atoms with Gasteiger partial charge in [-0.1, -0.05) is 37.3 Å². The van der Waals surface area contributed by atoms with E-state index in [0.717, 1.165) is 30.8 Å². The van der Waals surface area contributed by atoms with Gasteiger partial charge in [-0.3, -0.25) is 9.48 Å². The molecule has 1 aromatic carbocycles. The number of nitrogens with zero attached hydrogens (tertiary/aromatic N) is 2. The van der Waals surface area contributed by atoms with Crippen molar-refractivity contribution in [2.75, 3.05) is 0 Å². The molecule has 0 saturated carbocycles. The summed E-state index contributed by atoms with van der Waals surface area (Å²) < 4.78 is 1.94. The second-order valence-corrected chi connectivity index (χ2v) is 5.00. The molecule has 0 aliphatic carbocycles. The van der Waals surface area contributed by atoms with Crippen molar-refractivity contribution in [3.05, 3.63) is 53.3 Å². The Labute approximate surface area is 120 Å². The van der Waals surface area contributed by atoms with Crippen molar-refractivity contribution in [1.29, 1.82) is 0 Å². The van der Waals surface area contributed by atoms with E-state index in [0.29, 0.717) is 12.8 Å². The lowest BCUT2D eigenvalue weighted by Gasteiger charge is -2.04. The molecule has 2 rings (SSSR count). The Morgan fingerprint density at radius 1 is 1.20 bits per heavy atom. The Bertz CT molecular complexity index is 558. The van der Waals surface area contributed by atoms with Crippen molar-refractivity contribution in [3.63, 3.8) is 0 Å². The van der Waals surface area contributed by atoms with Crippen molar-refractivity contribution >= 4 is 5.78 Å². The van der Waals surface area contributed by atoms with E-state index in [1.807, 2.05) is 22.9 Å². The Balaban J connectivity index is 1.92. The number of benzene rings is 1. The lowest BCUT2D eigenvalue weighted by atomic mass is 10.0. The zero-order chi connectivity index (χ0) is 14.4. The van der Waals surface area contributed by atoms with Crippen LogP contribution in [0.3, 0.4) is 0 Å². The van der Waals surface area contributed by atoms with Crippen LogP contribution in [0.1, 0.15) is 37.2 Å². The van der Waals surface area contributed by atoms with Gasteiger partial charge in [0, 0.05) is 25.1 Å². The average molecular weight is 270 g/mol. The molecular formula is C17H22N2O. The summed E-state index contributed by atoms with van der Waals surface area (Å²) in [6.07, 6.45) is 2.83. The molecule has 2 aromatic rings. The maximum atomic E-state index is 12.1. The molecule has 106 valence electrons. The summed E-state index contributed by atoms with van der Waals surface area (Å²) in [5.41, 5.74) is 3.33. The first-order valence-corrected chi connectivity index (χ1v) is 7.34. The molecule has 0 saturated heterocycles. The molecule has 0 spiro atoms. The molecule has 0 fully saturated rings. The normalized spacial score (nSPS) is 10.7. The fourth-order valence-electron chi connectivity index (χ4n) is 2.32. The van der Waals surface area contributed by atoms with Crippen LogP contribution >= 0.6 is 0 Å². The smallest absolute Gasteiger partial charge is 0.139 e. The van der Waals surface area contributed by atoms with Crippen molar-refractivity contribution in [3.8, 4) is 0 Å². The fourth-order valence-corrected chi connectivity index (χ4v) is 2.32. The number of carbonyl (C=O) groups is 1. The fraction of sp³-hybridized carbons (Fsp3) is 0.412. The number of ketones is 1. The van der Waals surface area contributed by atoms with Crippen molar-refractivity contribution < 1.29 is 4.79 Å². The monoisotopic (exact) mass is 270 g/mol. The van der Waals surface area contributed by atoms with Crippen LogP contribution < -0.4 is 0 Å². The number of hydrogen-bond donors (Lipinski definition) is 0. The first kappa shape index (κ1) is 14.5. The summed E-state index contributed by atoms with van der Waals surface area (Å²) in [6.45, 7) is 4.97. The summed E-state index contributed by atoms with van der Waals surface area (Å²) in [4.78, 5) is 12.1. The predicted octanol–water partition coefficient (Wildman–Crippen LogP) is 3.21. The summed E-state index contributed by atoms with van der Waals surface area (Å²) in [5.74, 6) is 0.283. The van der Waals surface area contributed by atoms with E-state index in [1.54, 1.807) is 0 Å². The minimum atomic E-state index is 0.283. The van der Waals surface area contributed by atoms with E-state index in [9.17, 15) is 4.79 Å². The molecule has 20 heavy (non-hydrogen) atoms. The zero-order valence-corrected chi connectivity index (χ0v) is 12.3. The number of aryl methyl sites for hydroxylation is 3.